The summed E-state index contributed by atoms with van der Waals surface area (Å²) in [6, 6.07) is 0. The van der Waals surface area contributed by atoms with E-state index in [1.54, 1.807) is 0 Å². The molecular formula is C6H12O5S2. The first kappa shape index (κ1) is 10.9. The van der Waals surface area contributed by atoms with E-state index >= 15 is 0 Å². The van der Waals surface area contributed by atoms with Gasteiger partial charge in [0.15, 0.2) is 15.3 Å². The predicted octanol–water partition coefficient (Wildman–Crippen LogP) is -0.113. The van der Waals surface area contributed by atoms with Crippen LogP contribution in [-0.4, -0.2) is 33.8 Å². The van der Waals surface area contributed by atoms with E-state index in [9.17, 15) is 16.8 Å². The molecule has 0 aromatic carbocycles. The van der Waals surface area contributed by atoms with Gasteiger partial charge in [0, 0.05) is 0 Å². The number of sulfone groups is 1. The first-order valence-corrected chi connectivity index (χ1v) is 7.29. The summed E-state index contributed by atoms with van der Waals surface area (Å²) in [5.41, 5.74) is -1.14. The van der Waals surface area contributed by atoms with Crippen LogP contribution in [0.15, 0.2) is 0 Å². The average molecular weight is 228 g/mol. The fraction of sp³-hybridized carbons (Fsp3) is 1.00. The van der Waals surface area contributed by atoms with Crippen molar-refractivity contribution in [3.05, 3.63) is 0 Å². The normalized spacial score (nSPS) is 27.6. The molecule has 0 aromatic heterocycles. The van der Waals surface area contributed by atoms with E-state index in [4.69, 9.17) is 0 Å². The van der Waals surface area contributed by atoms with Gasteiger partial charge in [0.2, 0.25) is 0 Å². The van der Waals surface area contributed by atoms with Gasteiger partial charge in [-0.1, -0.05) is 0 Å². The highest BCUT2D eigenvalue weighted by molar-refractivity contribution is 7.93. The van der Waals surface area contributed by atoms with E-state index in [2.05, 4.69) is 4.18 Å². The molecule has 0 saturated carbocycles. The Hall–Kier alpha value is -0.140. The minimum Gasteiger partial charge on any atom is -0.250 e. The van der Waals surface area contributed by atoms with E-state index in [-0.39, 0.29) is 17.9 Å². The second kappa shape index (κ2) is 3.55. The minimum absolute atomic E-state index is 0.0247. The Morgan fingerprint density at radius 3 is 2.46 bits per heavy atom. The molecule has 0 spiro atoms. The molecule has 0 aromatic rings. The summed E-state index contributed by atoms with van der Waals surface area (Å²) in [5.74, 6) is -0.171. The Kier molecular flexibility index (Phi) is 2.98. The lowest BCUT2D eigenvalue weighted by Gasteiger charge is -2.09. The molecule has 0 bridgehead atoms. The maximum Gasteiger partial charge on any atom is 0.268 e. The predicted molar refractivity (Wildman–Crippen MR) is 47.4 cm³/mol. The van der Waals surface area contributed by atoms with Crippen molar-refractivity contribution in [2.45, 2.75) is 25.2 Å². The van der Waals surface area contributed by atoms with Crippen LogP contribution in [0.2, 0.25) is 0 Å². The number of hydrogen-bond donors (Lipinski definition) is 0. The Bertz CT molecular complexity index is 366. The van der Waals surface area contributed by atoms with Crippen LogP contribution >= 0.6 is 0 Å². The summed E-state index contributed by atoms with van der Waals surface area (Å²) < 4.78 is 48.8. The van der Waals surface area contributed by atoms with Gasteiger partial charge in [-0.2, -0.15) is 8.42 Å². The standard InChI is InChI=1S/C6H12O5S2/c1-2-13(9,10)11-6-4-3-5-12(6,7)8/h6H,2-5H2,1H3. The number of rotatable bonds is 3. The van der Waals surface area contributed by atoms with Crippen LogP contribution in [0.25, 0.3) is 0 Å². The summed E-state index contributed by atoms with van der Waals surface area (Å²) in [7, 11) is -6.98. The summed E-state index contributed by atoms with van der Waals surface area (Å²) in [4.78, 5) is 0. The van der Waals surface area contributed by atoms with Crippen LogP contribution in [0.4, 0.5) is 0 Å². The molecule has 1 heterocycles. The first-order chi connectivity index (χ1) is 5.87. The monoisotopic (exact) mass is 228 g/mol. The second-order valence-corrected chi connectivity index (χ2v) is 7.03. The van der Waals surface area contributed by atoms with Gasteiger partial charge < -0.3 is 0 Å². The highest BCUT2D eigenvalue weighted by Crippen LogP contribution is 2.22. The zero-order valence-electron chi connectivity index (χ0n) is 7.26. The van der Waals surface area contributed by atoms with Crippen LogP contribution < -0.4 is 0 Å². The van der Waals surface area contributed by atoms with Crippen molar-refractivity contribution in [1.29, 1.82) is 0 Å². The third-order valence-electron chi connectivity index (χ3n) is 1.88. The molecule has 1 atom stereocenters. The van der Waals surface area contributed by atoms with Crippen LogP contribution in [0.3, 0.4) is 0 Å². The van der Waals surface area contributed by atoms with Gasteiger partial charge in [-0.05, 0) is 19.8 Å². The van der Waals surface area contributed by atoms with Crippen LogP contribution in [-0.2, 0) is 24.1 Å². The van der Waals surface area contributed by atoms with E-state index in [1.807, 2.05) is 0 Å². The molecule has 0 radical (unpaired) electrons. The second-order valence-electron chi connectivity index (χ2n) is 2.88. The zero-order valence-corrected chi connectivity index (χ0v) is 8.90. The van der Waals surface area contributed by atoms with Crippen molar-refractivity contribution in [2.24, 2.45) is 0 Å². The van der Waals surface area contributed by atoms with Crippen molar-refractivity contribution in [1.82, 2.24) is 0 Å². The van der Waals surface area contributed by atoms with Crippen molar-refractivity contribution < 1.29 is 21.0 Å². The topological polar surface area (TPSA) is 77.5 Å². The van der Waals surface area contributed by atoms with E-state index in [0.29, 0.717) is 6.42 Å². The van der Waals surface area contributed by atoms with Crippen molar-refractivity contribution in [2.75, 3.05) is 11.5 Å². The highest BCUT2D eigenvalue weighted by atomic mass is 32.2. The molecule has 1 rings (SSSR count). The largest absolute Gasteiger partial charge is 0.268 e. The lowest BCUT2D eigenvalue weighted by Crippen LogP contribution is -2.24. The summed E-state index contributed by atoms with van der Waals surface area (Å²) in [6.45, 7) is 1.41. The van der Waals surface area contributed by atoms with Gasteiger partial charge >= 0.3 is 0 Å². The third-order valence-corrected chi connectivity index (χ3v) is 5.22. The molecule has 1 aliphatic rings. The van der Waals surface area contributed by atoms with E-state index in [0.717, 1.165) is 0 Å². The highest BCUT2D eigenvalue weighted by Gasteiger charge is 2.35. The molecule has 0 N–H and O–H groups in total. The lowest BCUT2D eigenvalue weighted by molar-refractivity contribution is 0.278. The van der Waals surface area contributed by atoms with Gasteiger partial charge in [0.25, 0.3) is 10.1 Å². The smallest absolute Gasteiger partial charge is 0.250 e. The Morgan fingerprint density at radius 2 is 2.08 bits per heavy atom. The van der Waals surface area contributed by atoms with Crippen LogP contribution in [0.1, 0.15) is 19.8 Å². The SMILES string of the molecule is CCS(=O)(=O)OC1CCCS1(=O)=O. The molecule has 0 amide bonds. The summed E-state index contributed by atoms with van der Waals surface area (Å²) in [5, 5.41) is 0. The summed E-state index contributed by atoms with van der Waals surface area (Å²) >= 11 is 0. The van der Waals surface area contributed by atoms with Crippen molar-refractivity contribution in [3.8, 4) is 0 Å². The maximum atomic E-state index is 11.2. The molecule has 78 valence electrons. The molecule has 0 aliphatic carbocycles. The third kappa shape index (κ3) is 2.65. The molecule has 7 heteroatoms. The molecule has 1 aliphatic heterocycles. The quantitative estimate of drug-likeness (QED) is 0.630. The van der Waals surface area contributed by atoms with Crippen LogP contribution in [0.5, 0.6) is 0 Å². The Morgan fingerprint density at radius 1 is 1.46 bits per heavy atom. The number of hydrogen-bond acceptors (Lipinski definition) is 5. The minimum atomic E-state index is -3.65. The molecule has 1 unspecified atom stereocenters. The average Bonchev–Trinajstić information content (AvgIpc) is 2.31. The lowest BCUT2D eigenvalue weighted by atomic mass is 10.4. The maximum absolute atomic E-state index is 11.2. The Labute approximate surface area is 78.1 Å². The van der Waals surface area contributed by atoms with Crippen LogP contribution in [0, 0.1) is 0 Å². The first-order valence-electron chi connectivity index (χ1n) is 4.00. The fourth-order valence-electron chi connectivity index (χ4n) is 1.10. The summed E-state index contributed by atoms with van der Waals surface area (Å²) in [6.07, 6.45) is 0.758. The Balaban J connectivity index is 2.77. The zero-order chi connectivity index (χ0) is 10.1. The fourth-order valence-corrected chi connectivity index (χ4v) is 3.86. The van der Waals surface area contributed by atoms with E-state index in [1.165, 1.54) is 6.92 Å². The van der Waals surface area contributed by atoms with E-state index < -0.39 is 25.4 Å². The van der Waals surface area contributed by atoms with Gasteiger partial charge in [0.05, 0.1) is 11.5 Å². The van der Waals surface area contributed by atoms with Gasteiger partial charge in [-0.25, -0.2) is 8.42 Å². The molecule has 5 nitrogen and oxygen atoms in total. The molecule has 1 fully saturated rings. The van der Waals surface area contributed by atoms with Gasteiger partial charge in [-0.15, -0.1) is 0 Å². The van der Waals surface area contributed by atoms with Gasteiger partial charge in [0.1, 0.15) is 0 Å². The van der Waals surface area contributed by atoms with Crippen molar-refractivity contribution in [3.63, 3.8) is 0 Å². The molecule has 13 heavy (non-hydrogen) atoms. The molecule has 1 saturated heterocycles. The molecular weight excluding hydrogens is 216 g/mol. The van der Waals surface area contributed by atoms with Crippen molar-refractivity contribution >= 4 is 20.0 Å². The van der Waals surface area contributed by atoms with Gasteiger partial charge in [-0.3, -0.25) is 4.18 Å².